The van der Waals surface area contributed by atoms with Crippen LogP contribution >= 0.6 is 43.6 Å². The van der Waals surface area contributed by atoms with Crippen LogP contribution in [0, 0.1) is 16.0 Å². The van der Waals surface area contributed by atoms with Gasteiger partial charge in [0, 0.05) is 18.7 Å². The second-order valence-electron chi connectivity index (χ2n) is 7.22. The lowest BCUT2D eigenvalue weighted by molar-refractivity contribution is -0.384. The second-order valence-corrected chi connectivity index (χ2v) is 9.92. The van der Waals surface area contributed by atoms with Crippen molar-refractivity contribution in [1.82, 2.24) is 4.90 Å². The SMILES string of the molecule is CC(C)CN1C(=O)S/C(=C/c2cc(Br)c(OCc3cccc([N+](=O)[O-])c3)c(Br)c2)C1=O. The molecule has 2 aromatic rings. The van der Waals surface area contributed by atoms with Crippen LogP contribution in [0.2, 0.25) is 0 Å². The Morgan fingerprint density at radius 2 is 1.87 bits per heavy atom. The molecule has 1 aliphatic rings. The summed E-state index contributed by atoms with van der Waals surface area (Å²) in [5.41, 5.74) is 1.38. The lowest BCUT2D eigenvalue weighted by atomic mass is 10.2. The number of halogens is 2. The highest BCUT2D eigenvalue weighted by molar-refractivity contribution is 9.11. The summed E-state index contributed by atoms with van der Waals surface area (Å²) in [6.45, 7) is 4.44. The van der Waals surface area contributed by atoms with E-state index in [9.17, 15) is 19.7 Å². The third kappa shape index (κ3) is 5.75. The fourth-order valence-corrected chi connectivity index (χ4v) is 5.19. The number of ether oxygens (including phenoxy) is 1. The number of nitro groups is 1. The monoisotopic (exact) mass is 568 g/mol. The summed E-state index contributed by atoms with van der Waals surface area (Å²) in [6, 6.07) is 9.80. The zero-order chi connectivity index (χ0) is 22.7. The Labute approximate surface area is 200 Å². The Morgan fingerprint density at radius 1 is 1.19 bits per heavy atom. The summed E-state index contributed by atoms with van der Waals surface area (Å²) >= 11 is 7.86. The number of thioether (sulfide) groups is 1. The molecule has 1 heterocycles. The maximum atomic E-state index is 12.5. The Kier molecular flexibility index (Phi) is 7.55. The van der Waals surface area contributed by atoms with Gasteiger partial charge in [-0.15, -0.1) is 0 Å². The molecule has 0 aliphatic carbocycles. The van der Waals surface area contributed by atoms with Gasteiger partial charge in [0.05, 0.1) is 18.8 Å². The van der Waals surface area contributed by atoms with Crippen LogP contribution in [-0.4, -0.2) is 27.5 Å². The minimum atomic E-state index is -0.451. The first kappa shape index (κ1) is 23.5. The van der Waals surface area contributed by atoms with E-state index in [0.29, 0.717) is 31.7 Å². The number of carbonyl (C=O) groups is 2. The van der Waals surface area contributed by atoms with Gasteiger partial charge in [0.1, 0.15) is 12.4 Å². The van der Waals surface area contributed by atoms with Gasteiger partial charge in [-0.2, -0.15) is 0 Å². The molecule has 10 heteroatoms. The highest BCUT2D eigenvalue weighted by Crippen LogP contribution is 2.38. The van der Waals surface area contributed by atoms with Gasteiger partial charge in [-0.3, -0.25) is 24.6 Å². The first-order chi connectivity index (χ1) is 14.7. The van der Waals surface area contributed by atoms with Crippen LogP contribution in [0.3, 0.4) is 0 Å². The molecule has 0 radical (unpaired) electrons. The molecule has 0 saturated carbocycles. The molecule has 0 atom stereocenters. The van der Waals surface area contributed by atoms with Crippen molar-refractivity contribution in [2.24, 2.45) is 5.92 Å². The third-order valence-electron chi connectivity index (χ3n) is 4.24. The smallest absolute Gasteiger partial charge is 0.293 e. The average Bonchev–Trinajstić information content (AvgIpc) is 2.94. The summed E-state index contributed by atoms with van der Waals surface area (Å²) in [4.78, 5) is 36.8. The highest BCUT2D eigenvalue weighted by atomic mass is 79.9. The van der Waals surface area contributed by atoms with E-state index in [-0.39, 0.29) is 29.4 Å². The molecule has 2 amide bonds. The normalized spacial score (nSPS) is 15.3. The number of rotatable bonds is 7. The molecule has 0 N–H and O–H groups in total. The van der Waals surface area contributed by atoms with Crippen molar-refractivity contribution in [3.05, 3.63) is 71.5 Å². The predicted molar refractivity (Wildman–Crippen MR) is 127 cm³/mol. The molecule has 7 nitrogen and oxygen atoms in total. The second kappa shape index (κ2) is 9.97. The summed E-state index contributed by atoms with van der Waals surface area (Å²) in [5.74, 6) is 0.428. The van der Waals surface area contributed by atoms with Gasteiger partial charge in [0.15, 0.2) is 0 Å². The Balaban J connectivity index is 1.77. The van der Waals surface area contributed by atoms with Crippen LogP contribution in [0.4, 0.5) is 10.5 Å². The first-order valence-corrected chi connectivity index (χ1v) is 11.7. The number of hydrogen-bond acceptors (Lipinski definition) is 6. The molecule has 1 saturated heterocycles. The standard InChI is InChI=1S/C21H18Br2N2O5S/c1-12(2)10-24-20(26)18(31-21(24)27)9-14-7-16(22)19(17(23)8-14)30-11-13-4-3-5-15(6-13)25(28)29/h3-9,12H,10-11H2,1-2H3/b18-9+. The van der Waals surface area contributed by atoms with E-state index < -0.39 is 4.92 Å². The Morgan fingerprint density at radius 3 is 2.48 bits per heavy atom. The van der Waals surface area contributed by atoms with Crippen molar-refractivity contribution in [2.45, 2.75) is 20.5 Å². The fraction of sp³-hybridized carbons (Fsp3) is 0.238. The van der Waals surface area contributed by atoms with E-state index in [0.717, 1.165) is 17.3 Å². The van der Waals surface area contributed by atoms with Gasteiger partial charge in [-0.25, -0.2) is 0 Å². The molecule has 0 unspecified atom stereocenters. The summed E-state index contributed by atoms with van der Waals surface area (Å²) in [6.07, 6.45) is 1.67. The third-order valence-corrected chi connectivity index (χ3v) is 6.33. The summed E-state index contributed by atoms with van der Waals surface area (Å²) in [7, 11) is 0. The van der Waals surface area contributed by atoms with Crippen molar-refractivity contribution >= 4 is 66.5 Å². The molecule has 1 aliphatic heterocycles. The summed E-state index contributed by atoms with van der Waals surface area (Å²) < 4.78 is 7.12. The molecule has 1 fully saturated rings. The minimum Gasteiger partial charge on any atom is -0.487 e. The van der Waals surface area contributed by atoms with Crippen LogP contribution in [0.25, 0.3) is 6.08 Å². The Bertz CT molecular complexity index is 1060. The molecule has 31 heavy (non-hydrogen) atoms. The largest absolute Gasteiger partial charge is 0.487 e. The molecule has 2 aromatic carbocycles. The number of non-ortho nitro benzene ring substituents is 1. The predicted octanol–water partition coefficient (Wildman–Crippen LogP) is 6.39. The average molecular weight is 570 g/mol. The van der Waals surface area contributed by atoms with E-state index >= 15 is 0 Å². The number of nitro benzene ring substituents is 1. The topological polar surface area (TPSA) is 89.8 Å². The number of benzene rings is 2. The zero-order valence-electron chi connectivity index (χ0n) is 16.6. The minimum absolute atomic E-state index is 0.000919. The fourth-order valence-electron chi connectivity index (χ4n) is 2.89. The molecule has 162 valence electrons. The number of amides is 2. The van der Waals surface area contributed by atoms with Crippen LogP contribution in [0.5, 0.6) is 5.75 Å². The van der Waals surface area contributed by atoms with Gasteiger partial charge in [0.2, 0.25) is 0 Å². The highest BCUT2D eigenvalue weighted by Gasteiger charge is 2.35. The molecular formula is C21H18Br2N2O5S. The van der Waals surface area contributed by atoms with Crippen molar-refractivity contribution in [1.29, 1.82) is 0 Å². The lowest BCUT2D eigenvalue weighted by Crippen LogP contribution is -2.31. The zero-order valence-corrected chi connectivity index (χ0v) is 20.6. The molecule has 0 aromatic heterocycles. The van der Waals surface area contributed by atoms with E-state index in [1.54, 1.807) is 30.3 Å². The quantitative estimate of drug-likeness (QED) is 0.218. The lowest BCUT2D eigenvalue weighted by Gasteiger charge is -2.14. The number of imide groups is 1. The maximum Gasteiger partial charge on any atom is 0.293 e. The van der Waals surface area contributed by atoms with Crippen molar-refractivity contribution < 1.29 is 19.2 Å². The van der Waals surface area contributed by atoms with E-state index in [1.165, 1.54) is 17.0 Å². The van der Waals surface area contributed by atoms with E-state index in [4.69, 9.17) is 4.74 Å². The molecule has 0 bridgehead atoms. The Hall–Kier alpha value is -2.17. The number of nitrogens with zero attached hydrogens (tertiary/aromatic N) is 2. The van der Waals surface area contributed by atoms with Crippen molar-refractivity contribution in [3.63, 3.8) is 0 Å². The van der Waals surface area contributed by atoms with E-state index in [1.807, 2.05) is 13.8 Å². The van der Waals surface area contributed by atoms with Crippen LogP contribution in [0.1, 0.15) is 25.0 Å². The van der Waals surface area contributed by atoms with Gasteiger partial charge in [-0.05, 0) is 78.9 Å². The van der Waals surface area contributed by atoms with Crippen molar-refractivity contribution in [2.75, 3.05) is 6.54 Å². The van der Waals surface area contributed by atoms with Gasteiger partial charge in [-0.1, -0.05) is 26.0 Å². The molecule has 0 spiro atoms. The molecule has 3 rings (SSSR count). The van der Waals surface area contributed by atoms with Crippen LogP contribution in [0.15, 0.2) is 50.2 Å². The number of carbonyl (C=O) groups excluding carboxylic acids is 2. The van der Waals surface area contributed by atoms with Gasteiger partial charge >= 0.3 is 0 Å². The van der Waals surface area contributed by atoms with E-state index in [2.05, 4.69) is 31.9 Å². The first-order valence-electron chi connectivity index (χ1n) is 9.26. The number of hydrogen-bond donors (Lipinski definition) is 0. The van der Waals surface area contributed by atoms with Crippen molar-refractivity contribution in [3.8, 4) is 5.75 Å². The summed E-state index contributed by atoms with van der Waals surface area (Å²) in [5, 5.41) is 10.7. The maximum absolute atomic E-state index is 12.5. The van der Waals surface area contributed by atoms with Crippen LogP contribution < -0.4 is 4.74 Å². The van der Waals surface area contributed by atoms with Gasteiger partial charge in [0.25, 0.3) is 16.8 Å². The van der Waals surface area contributed by atoms with Gasteiger partial charge < -0.3 is 4.74 Å². The van der Waals surface area contributed by atoms with Crippen LogP contribution in [-0.2, 0) is 11.4 Å². The molecular weight excluding hydrogens is 552 g/mol.